The number of nitrogens with zero attached hydrogens (tertiary/aromatic N) is 1. The van der Waals surface area contributed by atoms with Gasteiger partial charge in [-0.15, -0.1) is 0 Å². The summed E-state index contributed by atoms with van der Waals surface area (Å²) in [5.74, 6) is 1.61. The summed E-state index contributed by atoms with van der Waals surface area (Å²) in [6.45, 7) is 3.28. The SMILES string of the molecule is CCN=C(N)SCCOc1ccc(Cl)cc1. The highest BCUT2D eigenvalue weighted by Gasteiger charge is 1.96. The predicted octanol–water partition coefficient (Wildman–Crippen LogP) is 2.79. The molecular formula is C11H15ClN2OS. The van der Waals surface area contributed by atoms with Gasteiger partial charge in [0, 0.05) is 17.3 Å². The molecule has 0 amide bonds. The zero-order valence-electron chi connectivity index (χ0n) is 9.15. The highest BCUT2D eigenvalue weighted by Crippen LogP contribution is 2.15. The van der Waals surface area contributed by atoms with Crippen molar-refractivity contribution in [3.05, 3.63) is 29.3 Å². The minimum atomic E-state index is 0.603. The number of halogens is 1. The van der Waals surface area contributed by atoms with Crippen LogP contribution in [0.2, 0.25) is 5.02 Å². The maximum Gasteiger partial charge on any atom is 0.154 e. The van der Waals surface area contributed by atoms with Crippen LogP contribution in [0.1, 0.15) is 6.92 Å². The van der Waals surface area contributed by atoms with E-state index in [0.717, 1.165) is 18.0 Å². The first-order chi connectivity index (χ1) is 7.72. The van der Waals surface area contributed by atoms with E-state index >= 15 is 0 Å². The summed E-state index contributed by atoms with van der Waals surface area (Å²) in [7, 11) is 0. The van der Waals surface area contributed by atoms with E-state index in [-0.39, 0.29) is 0 Å². The molecule has 1 aromatic rings. The fourth-order valence-electron chi connectivity index (χ4n) is 1.04. The smallest absolute Gasteiger partial charge is 0.154 e. The van der Waals surface area contributed by atoms with Gasteiger partial charge in [-0.1, -0.05) is 23.4 Å². The van der Waals surface area contributed by atoms with E-state index in [1.54, 1.807) is 12.1 Å². The van der Waals surface area contributed by atoms with Gasteiger partial charge in [-0.2, -0.15) is 0 Å². The Bertz CT molecular complexity index is 340. The molecule has 0 atom stereocenters. The summed E-state index contributed by atoms with van der Waals surface area (Å²) < 4.78 is 5.50. The zero-order chi connectivity index (χ0) is 11.8. The minimum Gasteiger partial charge on any atom is -0.493 e. The van der Waals surface area contributed by atoms with Crippen LogP contribution in [0.5, 0.6) is 5.75 Å². The maximum atomic E-state index is 5.76. The molecule has 0 aromatic heterocycles. The van der Waals surface area contributed by atoms with Crippen LogP contribution in [0.25, 0.3) is 0 Å². The van der Waals surface area contributed by atoms with Crippen LogP contribution in [0, 0.1) is 0 Å². The molecule has 0 spiro atoms. The molecule has 3 nitrogen and oxygen atoms in total. The van der Waals surface area contributed by atoms with Crippen molar-refractivity contribution in [3.8, 4) is 5.75 Å². The van der Waals surface area contributed by atoms with Crippen molar-refractivity contribution in [3.63, 3.8) is 0 Å². The lowest BCUT2D eigenvalue weighted by Gasteiger charge is -2.05. The topological polar surface area (TPSA) is 47.6 Å². The number of benzene rings is 1. The van der Waals surface area contributed by atoms with E-state index < -0.39 is 0 Å². The highest BCUT2D eigenvalue weighted by molar-refractivity contribution is 8.13. The number of hydrogen-bond donors (Lipinski definition) is 1. The summed E-state index contributed by atoms with van der Waals surface area (Å²) in [6.07, 6.45) is 0. The lowest BCUT2D eigenvalue weighted by molar-refractivity contribution is 0.344. The highest BCUT2D eigenvalue weighted by atomic mass is 35.5. The predicted molar refractivity (Wildman–Crippen MR) is 71.6 cm³/mol. The number of aliphatic imine (C=N–C) groups is 1. The number of rotatable bonds is 5. The van der Waals surface area contributed by atoms with E-state index in [1.807, 2.05) is 19.1 Å². The lowest BCUT2D eigenvalue weighted by atomic mass is 10.3. The molecule has 0 aliphatic rings. The molecule has 0 saturated carbocycles. The van der Waals surface area contributed by atoms with Gasteiger partial charge in [0.25, 0.3) is 0 Å². The zero-order valence-corrected chi connectivity index (χ0v) is 10.7. The number of ether oxygens (including phenoxy) is 1. The molecule has 16 heavy (non-hydrogen) atoms. The fourth-order valence-corrected chi connectivity index (χ4v) is 1.76. The third kappa shape index (κ3) is 5.28. The van der Waals surface area contributed by atoms with E-state index in [4.69, 9.17) is 22.1 Å². The molecule has 1 rings (SSSR count). The average Bonchev–Trinajstić information content (AvgIpc) is 2.27. The molecule has 5 heteroatoms. The van der Waals surface area contributed by atoms with Gasteiger partial charge in [-0.3, -0.25) is 4.99 Å². The van der Waals surface area contributed by atoms with Crippen molar-refractivity contribution < 1.29 is 4.74 Å². The third-order valence-electron chi connectivity index (χ3n) is 1.73. The molecule has 0 aliphatic heterocycles. The molecule has 0 heterocycles. The van der Waals surface area contributed by atoms with Crippen molar-refractivity contribution in [2.45, 2.75) is 6.92 Å². The lowest BCUT2D eigenvalue weighted by Crippen LogP contribution is -2.10. The number of nitrogens with two attached hydrogens (primary N) is 1. The van der Waals surface area contributed by atoms with Gasteiger partial charge in [-0.05, 0) is 31.2 Å². The second-order valence-electron chi connectivity index (χ2n) is 2.96. The Morgan fingerprint density at radius 3 is 2.75 bits per heavy atom. The van der Waals surface area contributed by atoms with Crippen LogP contribution in [0.15, 0.2) is 29.3 Å². The monoisotopic (exact) mass is 258 g/mol. The number of amidine groups is 1. The van der Waals surface area contributed by atoms with Gasteiger partial charge in [0.2, 0.25) is 0 Å². The molecule has 0 radical (unpaired) electrons. The Labute approximate surface area is 105 Å². The Balaban J connectivity index is 2.21. The fraction of sp³-hybridized carbons (Fsp3) is 0.364. The average molecular weight is 259 g/mol. The second kappa shape index (κ2) is 7.41. The van der Waals surface area contributed by atoms with Crippen LogP contribution in [0.4, 0.5) is 0 Å². The first kappa shape index (κ1) is 13.2. The van der Waals surface area contributed by atoms with E-state index in [0.29, 0.717) is 16.8 Å². The van der Waals surface area contributed by atoms with E-state index in [1.165, 1.54) is 11.8 Å². The molecule has 0 bridgehead atoms. The Morgan fingerprint density at radius 2 is 2.12 bits per heavy atom. The Kier molecular flexibility index (Phi) is 6.11. The minimum absolute atomic E-state index is 0.603. The van der Waals surface area contributed by atoms with Gasteiger partial charge >= 0.3 is 0 Å². The van der Waals surface area contributed by atoms with Crippen molar-refractivity contribution >= 4 is 28.5 Å². The quantitative estimate of drug-likeness (QED) is 0.502. The second-order valence-corrected chi connectivity index (χ2v) is 4.52. The van der Waals surface area contributed by atoms with Crippen molar-refractivity contribution in [1.29, 1.82) is 0 Å². The number of hydrogen-bond acceptors (Lipinski definition) is 3. The standard InChI is InChI=1S/C11H15ClN2OS/c1-2-14-11(13)16-8-7-15-10-5-3-9(12)4-6-10/h3-6H,2,7-8H2,1H3,(H2,13,14). The van der Waals surface area contributed by atoms with Crippen molar-refractivity contribution in [1.82, 2.24) is 0 Å². The van der Waals surface area contributed by atoms with Gasteiger partial charge in [-0.25, -0.2) is 0 Å². The molecule has 2 N–H and O–H groups in total. The van der Waals surface area contributed by atoms with Gasteiger partial charge in [0.05, 0.1) is 6.61 Å². The molecule has 0 saturated heterocycles. The van der Waals surface area contributed by atoms with E-state index in [9.17, 15) is 0 Å². The maximum absolute atomic E-state index is 5.76. The van der Waals surface area contributed by atoms with Gasteiger partial charge in [0.15, 0.2) is 5.17 Å². The van der Waals surface area contributed by atoms with Crippen LogP contribution < -0.4 is 10.5 Å². The summed E-state index contributed by atoms with van der Waals surface area (Å²) in [5.41, 5.74) is 5.62. The Hall–Kier alpha value is -0.870. The molecule has 0 aliphatic carbocycles. The van der Waals surface area contributed by atoms with Crippen molar-refractivity contribution in [2.24, 2.45) is 10.7 Å². The van der Waals surface area contributed by atoms with E-state index in [2.05, 4.69) is 4.99 Å². The van der Waals surface area contributed by atoms with Crippen molar-refractivity contribution in [2.75, 3.05) is 18.9 Å². The van der Waals surface area contributed by atoms with Crippen LogP contribution in [-0.2, 0) is 0 Å². The third-order valence-corrected chi connectivity index (χ3v) is 2.78. The molecule has 0 fully saturated rings. The number of thioether (sulfide) groups is 1. The Morgan fingerprint density at radius 1 is 1.44 bits per heavy atom. The first-order valence-electron chi connectivity index (χ1n) is 5.03. The molecule has 0 unspecified atom stereocenters. The first-order valence-corrected chi connectivity index (χ1v) is 6.40. The summed E-state index contributed by atoms with van der Waals surface area (Å²) in [4.78, 5) is 4.07. The van der Waals surface area contributed by atoms with Crippen LogP contribution in [-0.4, -0.2) is 24.1 Å². The summed E-state index contributed by atoms with van der Waals surface area (Å²) in [6, 6.07) is 7.29. The molecule has 88 valence electrons. The summed E-state index contributed by atoms with van der Waals surface area (Å²) in [5, 5.41) is 1.32. The van der Waals surface area contributed by atoms with Crippen LogP contribution >= 0.6 is 23.4 Å². The largest absolute Gasteiger partial charge is 0.493 e. The molecular weight excluding hydrogens is 244 g/mol. The van der Waals surface area contributed by atoms with Gasteiger partial charge in [0.1, 0.15) is 5.75 Å². The molecule has 1 aromatic carbocycles. The van der Waals surface area contributed by atoms with Gasteiger partial charge < -0.3 is 10.5 Å². The summed E-state index contributed by atoms with van der Waals surface area (Å²) >= 11 is 7.26. The van der Waals surface area contributed by atoms with Crippen LogP contribution in [0.3, 0.4) is 0 Å². The normalized spacial score (nSPS) is 11.5.